The first kappa shape index (κ1) is 14.6. The number of benzene rings is 2. The summed E-state index contributed by atoms with van der Waals surface area (Å²) in [7, 11) is 0. The normalized spacial score (nSPS) is 20.5. The third kappa shape index (κ3) is 2.84. The molecular formula is C17H18BrNO2. The summed E-state index contributed by atoms with van der Waals surface area (Å²) in [6.07, 6.45) is 1.65. The molecule has 0 saturated heterocycles. The lowest BCUT2D eigenvalue weighted by atomic mass is 9.96. The molecule has 0 aliphatic heterocycles. The molecule has 0 fully saturated rings. The first-order valence-electron chi connectivity index (χ1n) is 7.08. The second kappa shape index (κ2) is 5.79. The van der Waals surface area contributed by atoms with Gasteiger partial charge in [0.25, 0.3) is 0 Å². The molecule has 0 bridgehead atoms. The molecule has 1 atom stereocenters. The van der Waals surface area contributed by atoms with Crippen molar-refractivity contribution >= 4 is 15.9 Å². The number of hydrogen-bond donors (Lipinski definition) is 3. The summed E-state index contributed by atoms with van der Waals surface area (Å²) in [5, 5.41) is 24.0. The second-order valence-electron chi connectivity index (χ2n) is 5.53. The van der Waals surface area contributed by atoms with Gasteiger partial charge in [0.2, 0.25) is 0 Å². The molecule has 0 radical (unpaired) electrons. The Morgan fingerprint density at radius 3 is 2.76 bits per heavy atom. The smallest absolute Gasteiger partial charge is 0.121 e. The van der Waals surface area contributed by atoms with E-state index in [2.05, 4.69) is 27.3 Å². The first-order valence-corrected chi connectivity index (χ1v) is 7.87. The first-order chi connectivity index (χ1) is 10.1. The fourth-order valence-electron chi connectivity index (χ4n) is 2.97. The highest BCUT2D eigenvalue weighted by atomic mass is 79.9. The molecule has 2 aromatic carbocycles. The van der Waals surface area contributed by atoms with Crippen LogP contribution in [0.4, 0.5) is 0 Å². The number of rotatable bonds is 4. The van der Waals surface area contributed by atoms with Gasteiger partial charge >= 0.3 is 0 Å². The van der Waals surface area contributed by atoms with E-state index in [1.807, 2.05) is 24.3 Å². The lowest BCUT2D eigenvalue weighted by Crippen LogP contribution is -2.36. The van der Waals surface area contributed by atoms with Crippen molar-refractivity contribution in [3.8, 4) is 5.75 Å². The van der Waals surface area contributed by atoms with Crippen molar-refractivity contribution in [1.29, 1.82) is 0 Å². The molecule has 0 heterocycles. The van der Waals surface area contributed by atoms with E-state index in [9.17, 15) is 10.2 Å². The molecule has 1 unspecified atom stereocenters. The SMILES string of the molecule is Oc1cccc(Br)c1CNCC1(O)CCc2ccccc21. The predicted octanol–water partition coefficient (Wildman–Crippen LogP) is 3.08. The lowest BCUT2D eigenvalue weighted by molar-refractivity contribution is 0.0384. The fraction of sp³-hybridized carbons (Fsp3) is 0.294. The molecular weight excluding hydrogens is 330 g/mol. The summed E-state index contributed by atoms with van der Waals surface area (Å²) in [6, 6.07) is 13.4. The number of aliphatic hydroxyl groups is 1. The van der Waals surface area contributed by atoms with Crippen LogP contribution in [-0.2, 0) is 18.6 Å². The van der Waals surface area contributed by atoms with Crippen molar-refractivity contribution in [3.63, 3.8) is 0 Å². The molecule has 0 aromatic heterocycles. The van der Waals surface area contributed by atoms with Gasteiger partial charge in [-0.3, -0.25) is 0 Å². The highest BCUT2D eigenvalue weighted by Crippen LogP contribution is 2.36. The van der Waals surface area contributed by atoms with Crippen LogP contribution >= 0.6 is 15.9 Å². The number of hydrogen-bond acceptors (Lipinski definition) is 3. The molecule has 0 spiro atoms. The maximum absolute atomic E-state index is 10.8. The molecule has 1 aliphatic carbocycles. The average molecular weight is 348 g/mol. The molecule has 3 rings (SSSR count). The van der Waals surface area contributed by atoms with Crippen LogP contribution in [0.15, 0.2) is 46.9 Å². The summed E-state index contributed by atoms with van der Waals surface area (Å²) >= 11 is 3.44. The largest absolute Gasteiger partial charge is 0.508 e. The summed E-state index contributed by atoms with van der Waals surface area (Å²) in [4.78, 5) is 0. The summed E-state index contributed by atoms with van der Waals surface area (Å²) in [5.74, 6) is 0.260. The predicted molar refractivity (Wildman–Crippen MR) is 86.2 cm³/mol. The van der Waals surface area contributed by atoms with Crippen molar-refractivity contribution < 1.29 is 10.2 Å². The van der Waals surface area contributed by atoms with E-state index in [1.165, 1.54) is 5.56 Å². The zero-order chi connectivity index (χ0) is 14.9. The Labute approximate surface area is 132 Å². The third-order valence-corrected chi connectivity index (χ3v) is 4.88. The quantitative estimate of drug-likeness (QED) is 0.796. The number of nitrogens with one attached hydrogen (secondary N) is 1. The highest BCUT2D eigenvalue weighted by molar-refractivity contribution is 9.10. The number of aromatic hydroxyl groups is 1. The van der Waals surface area contributed by atoms with Crippen molar-refractivity contribution in [1.82, 2.24) is 5.32 Å². The van der Waals surface area contributed by atoms with Crippen LogP contribution < -0.4 is 5.32 Å². The zero-order valence-corrected chi connectivity index (χ0v) is 13.2. The Hall–Kier alpha value is -1.36. The number of aryl methyl sites for hydroxylation is 1. The number of phenols is 1. The molecule has 1 aliphatic rings. The van der Waals surface area contributed by atoms with Gasteiger partial charge in [-0.2, -0.15) is 0 Å². The van der Waals surface area contributed by atoms with E-state index >= 15 is 0 Å². The molecule has 2 aromatic rings. The van der Waals surface area contributed by atoms with Crippen molar-refractivity contribution in [3.05, 3.63) is 63.6 Å². The molecule has 21 heavy (non-hydrogen) atoms. The van der Waals surface area contributed by atoms with Crippen LogP contribution in [0, 0.1) is 0 Å². The van der Waals surface area contributed by atoms with Gasteiger partial charge < -0.3 is 15.5 Å². The second-order valence-corrected chi connectivity index (χ2v) is 6.38. The van der Waals surface area contributed by atoms with Gasteiger partial charge in [0, 0.05) is 23.1 Å². The Morgan fingerprint density at radius 2 is 1.95 bits per heavy atom. The summed E-state index contributed by atoms with van der Waals surface area (Å²) in [6.45, 7) is 0.989. The summed E-state index contributed by atoms with van der Waals surface area (Å²) in [5.41, 5.74) is 2.25. The molecule has 3 nitrogen and oxygen atoms in total. The van der Waals surface area contributed by atoms with E-state index in [0.29, 0.717) is 13.1 Å². The Morgan fingerprint density at radius 1 is 1.14 bits per heavy atom. The maximum atomic E-state index is 10.8. The van der Waals surface area contributed by atoms with Crippen molar-refractivity contribution in [2.45, 2.75) is 25.0 Å². The number of halogens is 1. The molecule has 110 valence electrons. The van der Waals surface area contributed by atoms with E-state index in [1.54, 1.807) is 12.1 Å². The van der Waals surface area contributed by atoms with Crippen LogP contribution in [0.25, 0.3) is 0 Å². The Kier molecular flexibility index (Phi) is 4.02. The maximum Gasteiger partial charge on any atom is 0.121 e. The topological polar surface area (TPSA) is 52.5 Å². The van der Waals surface area contributed by atoms with Gasteiger partial charge in [-0.05, 0) is 36.1 Å². The summed E-state index contributed by atoms with van der Waals surface area (Å²) < 4.78 is 0.869. The highest BCUT2D eigenvalue weighted by Gasteiger charge is 2.35. The fourth-order valence-corrected chi connectivity index (χ4v) is 3.46. The molecule has 3 N–H and O–H groups in total. The van der Waals surface area contributed by atoms with Gasteiger partial charge in [0.15, 0.2) is 0 Å². The van der Waals surface area contributed by atoms with Crippen molar-refractivity contribution in [2.75, 3.05) is 6.54 Å². The number of phenolic OH excluding ortho intramolecular Hbond substituents is 1. The van der Waals surface area contributed by atoms with E-state index in [4.69, 9.17) is 0 Å². The van der Waals surface area contributed by atoms with Crippen LogP contribution in [0.2, 0.25) is 0 Å². The standard InChI is InChI=1S/C17H18BrNO2/c18-15-6-3-7-16(20)13(15)10-19-11-17(21)9-8-12-4-1-2-5-14(12)17/h1-7,19-21H,8-11H2. The van der Waals surface area contributed by atoms with Gasteiger partial charge in [0.1, 0.15) is 11.4 Å². The van der Waals surface area contributed by atoms with Gasteiger partial charge in [-0.15, -0.1) is 0 Å². The van der Waals surface area contributed by atoms with E-state index in [0.717, 1.165) is 28.4 Å². The molecule has 0 saturated carbocycles. The Balaban J connectivity index is 1.69. The van der Waals surface area contributed by atoms with E-state index < -0.39 is 5.60 Å². The van der Waals surface area contributed by atoms with Gasteiger partial charge in [0.05, 0.1) is 0 Å². The minimum absolute atomic E-state index is 0.260. The zero-order valence-electron chi connectivity index (χ0n) is 11.6. The van der Waals surface area contributed by atoms with Crippen LogP contribution in [0.3, 0.4) is 0 Å². The number of fused-ring (bicyclic) bond motifs is 1. The molecule has 4 heteroatoms. The minimum atomic E-state index is -0.812. The average Bonchev–Trinajstić information content (AvgIpc) is 2.81. The Bertz CT molecular complexity index is 639. The third-order valence-electron chi connectivity index (χ3n) is 4.14. The minimum Gasteiger partial charge on any atom is -0.508 e. The van der Waals surface area contributed by atoms with Gasteiger partial charge in [-0.25, -0.2) is 0 Å². The van der Waals surface area contributed by atoms with Crippen molar-refractivity contribution in [2.24, 2.45) is 0 Å². The van der Waals surface area contributed by atoms with Crippen LogP contribution in [0.5, 0.6) is 5.75 Å². The van der Waals surface area contributed by atoms with Crippen LogP contribution in [0.1, 0.15) is 23.1 Å². The van der Waals surface area contributed by atoms with Crippen LogP contribution in [-0.4, -0.2) is 16.8 Å². The lowest BCUT2D eigenvalue weighted by Gasteiger charge is -2.24. The van der Waals surface area contributed by atoms with E-state index in [-0.39, 0.29) is 5.75 Å². The van der Waals surface area contributed by atoms with Gasteiger partial charge in [-0.1, -0.05) is 46.3 Å². The molecule has 0 amide bonds. The monoisotopic (exact) mass is 347 g/mol.